The first-order chi connectivity index (χ1) is 8.30. The molecular formula is C15H27NO. The van der Waals surface area contributed by atoms with Crippen LogP contribution < -0.4 is 0 Å². The standard InChI is InChI=1S/C15H27NO/c17-13-6-9-15(7-2-3-8-15)14(12-13)16-10-4-1-5-11-16/h13-14,17H,1-12H2. The van der Waals surface area contributed by atoms with Gasteiger partial charge >= 0.3 is 0 Å². The summed E-state index contributed by atoms with van der Waals surface area (Å²) < 4.78 is 0. The van der Waals surface area contributed by atoms with Gasteiger partial charge in [-0.25, -0.2) is 0 Å². The number of aliphatic hydroxyl groups excluding tert-OH is 1. The zero-order chi connectivity index (χ0) is 11.7. The summed E-state index contributed by atoms with van der Waals surface area (Å²) in [5.41, 5.74) is 0.594. The van der Waals surface area contributed by atoms with Gasteiger partial charge in [-0.1, -0.05) is 19.3 Å². The fourth-order valence-electron chi connectivity index (χ4n) is 4.68. The molecule has 1 spiro atoms. The van der Waals surface area contributed by atoms with E-state index in [0.29, 0.717) is 11.5 Å². The van der Waals surface area contributed by atoms with Gasteiger partial charge in [0, 0.05) is 6.04 Å². The van der Waals surface area contributed by atoms with Gasteiger partial charge in [-0.05, 0) is 63.5 Å². The van der Waals surface area contributed by atoms with Crippen molar-refractivity contribution in [1.29, 1.82) is 0 Å². The Morgan fingerprint density at radius 1 is 0.882 bits per heavy atom. The van der Waals surface area contributed by atoms with E-state index in [4.69, 9.17) is 0 Å². The van der Waals surface area contributed by atoms with Crippen molar-refractivity contribution < 1.29 is 5.11 Å². The summed E-state index contributed by atoms with van der Waals surface area (Å²) in [6, 6.07) is 0.703. The molecule has 0 aromatic rings. The monoisotopic (exact) mass is 237 g/mol. The molecule has 2 saturated carbocycles. The summed E-state index contributed by atoms with van der Waals surface area (Å²) >= 11 is 0. The summed E-state index contributed by atoms with van der Waals surface area (Å²) in [7, 11) is 0. The van der Waals surface area contributed by atoms with Crippen molar-refractivity contribution in [2.75, 3.05) is 13.1 Å². The molecule has 1 N–H and O–H groups in total. The topological polar surface area (TPSA) is 23.5 Å². The van der Waals surface area contributed by atoms with Crippen molar-refractivity contribution >= 4 is 0 Å². The number of likely N-dealkylation sites (tertiary alicyclic amines) is 1. The normalized spacial score (nSPS) is 38.6. The SMILES string of the molecule is OC1CCC2(CCCC2)C(N2CCCCC2)C1. The molecule has 2 unspecified atom stereocenters. The lowest BCUT2D eigenvalue weighted by molar-refractivity contribution is -0.0327. The smallest absolute Gasteiger partial charge is 0.0555 e. The average molecular weight is 237 g/mol. The number of hydrogen-bond acceptors (Lipinski definition) is 2. The van der Waals surface area contributed by atoms with Crippen molar-refractivity contribution in [3.63, 3.8) is 0 Å². The summed E-state index contributed by atoms with van der Waals surface area (Å²) in [5, 5.41) is 10.0. The van der Waals surface area contributed by atoms with Gasteiger partial charge in [0.1, 0.15) is 0 Å². The lowest BCUT2D eigenvalue weighted by atomic mass is 9.67. The minimum Gasteiger partial charge on any atom is -0.393 e. The van der Waals surface area contributed by atoms with Crippen LogP contribution in [0.3, 0.4) is 0 Å². The number of hydrogen-bond donors (Lipinski definition) is 1. The van der Waals surface area contributed by atoms with Gasteiger partial charge in [-0.15, -0.1) is 0 Å². The van der Waals surface area contributed by atoms with Crippen molar-refractivity contribution in [1.82, 2.24) is 4.90 Å². The van der Waals surface area contributed by atoms with Crippen LogP contribution in [0.2, 0.25) is 0 Å². The van der Waals surface area contributed by atoms with E-state index in [-0.39, 0.29) is 6.10 Å². The highest BCUT2D eigenvalue weighted by atomic mass is 16.3. The summed E-state index contributed by atoms with van der Waals surface area (Å²) in [6.45, 7) is 2.58. The van der Waals surface area contributed by atoms with Gasteiger partial charge in [-0.3, -0.25) is 4.90 Å². The van der Waals surface area contributed by atoms with E-state index in [0.717, 1.165) is 12.8 Å². The van der Waals surface area contributed by atoms with E-state index in [1.54, 1.807) is 0 Å². The van der Waals surface area contributed by atoms with E-state index in [1.807, 2.05) is 0 Å². The first kappa shape index (κ1) is 12.0. The van der Waals surface area contributed by atoms with E-state index >= 15 is 0 Å². The number of aliphatic hydroxyl groups is 1. The fourth-order valence-corrected chi connectivity index (χ4v) is 4.68. The van der Waals surface area contributed by atoms with Crippen LogP contribution in [0.4, 0.5) is 0 Å². The summed E-state index contributed by atoms with van der Waals surface area (Å²) in [4.78, 5) is 2.73. The third-order valence-electron chi connectivity index (χ3n) is 5.61. The van der Waals surface area contributed by atoms with Crippen LogP contribution in [-0.4, -0.2) is 35.2 Å². The minimum absolute atomic E-state index is 0.0202. The average Bonchev–Trinajstić information content (AvgIpc) is 2.83. The van der Waals surface area contributed by atoms with Crippen LogP contribution in [-0.2, 0) is 0 Å². The maximum Gasteiger partial charge on any atom is 0.0555 e. The second kappa shape index (κ2) is 4.89. The second-order valence-electron chi connectivity index (χ2n) is 6.61. The Balaban J connectivity index is 1.76. The predicted octanol–water partition coefficient (Wildman–Crippen LogP) is 2.95. The first-order valence-electron chi connectivity index (χ1n) is 7.72. The molecule has 0 bridgehead atoms. The maximum absolute atomic E-state index is 10.0. The molecule has 3 fully saturated rings. The van der Waals surface area contributed by atoms with E-state index in [2.05, 4.69) is 4.90 Å². The van der Waals surface area contributed by atoms with Gasteiger partial charge in [0.15, 0.2) is 0 Å². The highest BCUT2D eigenvalue weighted by Gasteiger charge is 2.47. The Morgan fingerprint density at radius 2 is 1.59 bits per heavy atom. The van der Waals surface area contributed by atoms with Gasteiger partial charge in [-0.2, -0.15) is 0 Å². The quantitative estimate of drug-likeness (QED) is 0.758. The van der Waals surface area contributed by atoms with Crippen LogP contribution in [0.15, 0.2) is 0 Å². The molecule has 0 amide bonds. The molecule has 0 radical (unpaired) electrons. The summed E-state index contributed by atoms with van der Waals surface area (Å²) in [6.07, 6.45) is 13.3. The summed E-state index contributed by atoms with van der Waals surface area (Å²) in [5.74, 6) is 0. The molecule has 3 aliphatic rings. The Bertz CT molecular complexity index is 254. The van der Waals surface area contributed by atoms with Crippen molar-refractivity contribution in [3.8, 4) is 0 Å². The Labute approximate surface area is 105 Å². The molecule has 98 valence electrons. The van der Waals surface area contributed by atoms with E-state index in [9.17, 15) is 5.11 Å². The van der Waals surface area contributed by atoms with Gasteiger partial charge < -0.3 is 5.11 Å². The molecule has 17 heavy (non-hydrogen) atoms. The maximum atomic E-state index is 10.0. The molecule has 2 atom stereocenters. The first-order valence-corrected chi connectivity index (χ1v) is 7.72. The number of rotatable bonds is 1. The lowest BCUT2D eigenvalue weighted by Gasteiger charge is -2.50. The van der Waals surface area contributed by atoms with Crippen LogP contribution >= 0.6 is 0 Å². The highest BCUT2D eigenvalue weighted by molar-refractivity contribution is 5.00. The molecule has 0 aromatic carbocycles. The molecule has 2 heteroatoms. The predicted molar refractivity (Wildman–Crippen MR) is 70.0 cm³/mol. The zero-order valence-electron chi connectivity index (χ0n) is 11.0. The fraction of sp³-hybridized carbons (Fsp3) is 1.00. The van der Waals surface area contributed by atoms with Crippen molar-refractivity contribution in [3.05, 3.63) is 0 Å². The molecule has 1 aliphatic heterocycles. The number of piperidine rings is 1. The van der Waals surface area contributed by atoms with Gasteiger partial charge in [0.25, 0.3) is 0 Å². The Hall–Kier alpha value is -0.0800. The van der Waals surface area contributed by atoms with Crippen LogP contribution in [0, 0.1) is 5.41 Å². The van der Waals surface area contributed by atoms with Crippen LogP contribution in [0.5, 0.6) is 0 Å². The van der Waals surface area contributed by atoms with E-state index < -0.39 is 0 Å². The Morgan fingerprint density at radius 3 is 2.29 bits per heavy atom. The van der Waals surface area contributed by atoms with Crippen molar-refractivity contribution in [2.24, 2.45) is 5.41 Å². The third-order valence-corrected chi connectivity index (χ3v) is 5.61. The molecule has 0 aromatic heterocycles. The molecule has 1 heterocycles. The van der Waals surface area contributed by atoms with Gasteiger partial charge in [0.05, 0.1) is 6.10 Å². The Kier molecular flexibility index (Phi) is 3.45. The van der Waals surface area contributed by atoms with Crippen LogP contribution in [0.1, 0.15) is 64.2 Å². The zero-order valence-corrected chi connectivity index (χ0v) is 11.0. The third kappa shape index (κ3) is 2.26. The molecule has 2 aliphatic carbocycles. The minimum atomic E-state index is -0.0202. The number of nitrogens with zero attached hydrogens (tertiary/aromatic N) is 1. The molecule has 1 saturated heterocycles. The highest BCUT2D eigenvalue weighted by Crippen LogP contribution is 2.51. The van der Waals surface area contributed by atoms with E-state index in [1.165, 1.54) is 64.5 Å². The van der Waals surface area contributed by atoms with Crippen molar-refractivity contribution in [2.45, 2.75) is 76.4 Å². The molecule has 2 nitrogen and oxygen atoms in total. The largest absolute Gasteiger partial charge is 0.393 e. The van der Waals surface area contributed by atoms with Gasteiger partial charge in [0.2, 0.25) is 0 Å². The van der Waals surface area contributed by atoms with Crippen LogP contribution in [0.25, 0.3) is 0 Å². The molecular weight excluding hydrogens is 210 g/mol. The molecule has 3 rings (SSSR count). The second-order valence-corrected chi connectivity index (χ2v) is 6.61. The lowest BCUT2D eigenvalue weighted by Crippen LogP contribution is -2.53.